The van der Waals surface area contributed by atoms with Gasteiger partial charge < -0.3 is 5.32 Å². The Balaban J connectivity index is 2.91. The second kappa shape index (κ2) is 5.21. The van der Waals surface area contributed by atoms with Crippen LogP contribution in [0.4, 0.5) is 18.9 Å². The quantitative estimate of drug-likeness (QED) is 0.650. The van der Waals surface area contributed by atoms with Gasteiger partial charge in [-0.3, -0.25) is 4.79 Å². The van der Waals surface area contributed by atoms with E-state index in [1.54, 1.807) is 0 Å². The van der Waals surface area contributed by atoms with Crippen LogP contribution in [-0.2, 0) is 4.79 Å². The molecule has 1 rings (SSSR count). The normalized spacial score (nSPS) is 12.3. The van der Waals surface area contributed by atoms with E-state index in [0.717, 1.165) is 12.1 Å². The molecule has 1 aromatic carbocycles. The molecule has 1 unspecified atom stereocenters. The second-order valence-electron chi connectivity index (χ2n) is 3.27. The molecular formula is C10H9ClF3NO. The van der Waals surface area contributed by atoms with Gasteiger partial charge in [0.1, 0.15) is 0 Å². The van der Waals surface area contributed by atoms with Gasteiger partial charge in [0.05, 0.1) is 5.69 Å². The van der Waals surface area contributed by atoms with Gasteiger partial charge in [0, 0.05) is 11.8 Å². The monoisotopic (exact) mass is 251 g/mol. The predicted molar refractivity (Wildman–Crippen MR) is 54.8 cm³/mol. The number of halogens is 4. The number of alkyl halides is 1. The van der Waals surface area contributed by atoms with Crippen molar-refractivity contribution in [2.24, 2.45) is 5.92 Å². The van der Waals surface area contributed by atoms with Crippen molar-refractivity contribution >= 4 is 23.2 Å². The summed E-state index contributed by atoms with van der Waals surface area (Å²) in [6, 6.07) is 1.69. The zero-order chi connectivity index (χ0) is 12.3. The van der Waals surface area contributed by atoms with Gasteiger partial charge in [0.15, 0.2) is 17.5 Å². The Bertz CT molecular complexity index is 411. The van der Waals surface area contributed by atoms with Crippen LogP contribution in [0.1, 0.15) is 6.92 Å². The van der Waals surface area contributed by atoms with Crippen molar-refractivity contribution in [3.63, 3.8) is 0 Å². The Morgan fingerprint density at radius 2 is 2.00 bits per heavy atom. The summed E-state index contributed by atoms with van der Waals surface area (Å²) in [7, 11) is 0. The van der Waals surface area contributed by atoms with Gasteiger partial charge >= 0.3 is 0 Å². The number of carbonyl (C=O) groups is 1. The molecule has 1 aromatic rings. The molecule has 88 valence electrons. The molecule has 0 heterocycles. The Labute approximate surface area is 95.4 Å². The molecule has 0 aliphatic rings. The first-order valence-electron chi connectivity index (χ1n) is 4.47. The molecule has 1 atom stereocenters. The number of hydrogen-bond donors (Lipinski definition) is 1. The number of nitrogens with one attached hydrogen (secondary N) is 1. The third-order valence-electron chi connectivity index (χ3n) is 1.97. The summed E-state index contributed by atoms with van der Waals surface area (Å²) in [5, 5.41) is 2.12. The number of carbonyl (C=O) groups excluding carboxylic acids is 1. The van der Waals surface area contributed by atoms with Gasteiger partial charge in [0.25, 0.3) is 0 Å². The zero-order valence-electron chi connectivity index (χ0n) is 8.36. The van der Waals surface area contributed by atoms with Crippen LogP contribution in [0, 0.1) is 23.4 Å². The van der Waals surface area contributed by atoms with Crippen molar-refractivity contribution in [3.8, 4) is 0 Å². The SMILES string of the molecule is CC(CCl)C(=O)Nc1ccc(F)c(F)c1F. The molecule has 0 fully saturated rings. The predicted octanol–water partition coefficient (Wildman–Crippen LogP) is 2.92. The summed E-state index contributed by atoms with van der Waals surface area (Å²) < 4.78 is 38.5. The van der Waals surface area contributed by atoms with Gasteiger partial charge in [-0.2, -0.15) is 0 Å². The Hall–Kier alpha value is -1.23. The van der Waals surface area contributed by atoms with Crippen LogP contribution >= 0.6 is 11.6 Å². The highest BCUT2D eigenvalue weighted by Gasteiger charge is 2.17. The van der Waals surface area contributed by atoms with Crippen LogP contribution in [0.5, 0.6) is 0 Å². The first-order valence-corrected chi connectivity index (χ1v) is 5.01. The lowest BCUT2D eigenvalue weighted by Crippen LogP contribution is -2.22. The molecule has 0 aromatic heterocycles. The maximum atomic E-state index is 13.1. The van der Waals surface area contributed by atoms with E-state index in [4.69, 9.17) is 11.6 Å². The Kier molecular flexibility index (Phi) is 4.18. The third kappa shape index (κ3) is 2.66. The molecule has 0 saturated heterocycles. The maximum absolute atomic E-state index is 13.1. The van der Waals surface area contributed by atoms with E-state index in [0.29, 0.717) is 0 Å². The highest BCUT2D eigenvalue weighted by Crippen LogP contribution is 2.20. The number of amides is 1. The van der Waals surface area contributed by atoms with E-state index in [1.165, 1.54) is 6.92 Å². The maximum Gasteiger partial charge on any atom is 0.228 e. The largest absolute Gasteiger partial charge is 0.323 e. The molecule has 2 nitrogen and oxygen atoms in total. The lowest BCUT2D eigenvalue weighted by Gasteiger charge is -2.10. The molecule has 0 bridgehead atoms. The Morgan fingerprint density at radius 1 is 1.38 bits per heavy atom. The summed E-state index contributed by atoms with van der Waals surface area (Å²) in [5.74, 6) is -5.39. The average molecular weight is 252 g/mol. The van der Waals surface area contributed by atoms with Gasteiger partial charge in [0.2, 0.25) is 5.91 Å². The van der Waals surface area contributed by atoms with E-state index in [2.05, 4.69) is 5.32 Å². The van der Waals surface area contributed by atoms with Crippen LogP contribution in [0.25, 0.3) is 0 Å². The smallest absolute Gasteiger partial charge is 0.228 e. The third-order valence-corrected chi connectivity index (χ3v) is 2.44. The van der Waals surface area contributed by atoms with Crippen molar-refractivity contribution < 1.29 is 18.0 Å². The van der Waals surface area contributed by atoms with Crippen LogP contribution < -0.4 is 5.32 Å². The van der Waals surface area contributed by atoms with E-state index in [9.17, 15) is 18.0 Å². The summed E-state index contributed by atoms with van der Waals surface area (Å²) in [6.07, 6.45) is 0. The van der Waals surface area contributed by atoms with Crippen LogP contribution in [0.15, 0.2) is 12.1 Å². The van der Waals surface area contributed by atoms with E-state index in [1.807, 2.05) is 0 Å². The minimum atomic E-state index is -1.61. The van der Waals surface area contributed by atoms with Crippen LogP contribution in [0.3, 0.4) is 0 Å². The number of rotatable bonds is 3. The molecule has 0 saturated carbocycles. The highest BCUT2D eigenvalue weighted by molar-refractivity contribution is 6.19. The number of hydrogen-bond acceptors (Lipinski definition) is 1. The van der Waals surface area contributed by atoms with E-state index < -0.39 is 35.0 Å². The van der Waals surface area contributed by atoms with Gasteiger partial charge in [-0.15, -0.1) is 11.6 Å². The molecule has 1 N–H and O–H groups in total. The average Bonchev–Trinajstić information content (AvgIpc) is 2.28. The summed E-state index contributed by atoms with van der Waals surface area (Å²) in [4.78, 5) is 11.3. The van der Waals surface area contributed by atoms with Crippen LogP contribution in [0.2, 0.25) is 0 Å². The standard InChI is InChI=1S/C10H9ClF3NO/c1-5(4-11)10(16)15-7-3-2-6(12)8(13)9(7)14/h2-3,5H,4H2,1H3,(H,15,16). The molecule has 0 spiro atoms. The topological polar surface area (TPSA) is 29.1 Å². The first-order chi connectivity index (χ1) is 7.47. The lowest BCUT2D eigenvalue weighted by atomic mass is 10.2. The molecule has 0 aliphatic heterocycles. The Morgan fingerprint density at radius 3 is 2.56 bits per heavy atom. The fraction of sp³-hybridized carbons (Fsp3) is 0.300. The van der Waals surface area contributed by atoms with Gasteiger partial charge in [-0.25, -0.2) is 13.2 Å². The fourth-order valence-electron chi connectivity index (χ4n) is 0.948. The summed E-state index contributed by atoms with van der Waals surface area (Å²) in [5.41, 5.74) is -0.402. The molecule has 16 heavy (non-hydrogen) atoms. The summed E-state index contributed by atoms with van der Waals surface area (Å²) >= 11 is 5.42. The molecule has 0 aliphatic carbocycles. The minimum absolute atomic E-state index is 0.0527. The lowest BCUT2D eigenvalue weighted by molar-refractivity contribution is -0.118. The second-order valence-corrected chi connectivity index (χ2v) is 3.58. The van der Waals surface area contributed by atoms with E-state index >= 15 is 0 Å². The van der Waals surface area contributed by atoms with Crippen molar-refractivity contribution in [1.29, 1.82) is 0 Å². The van der Waals surface area contributed by atoms with Crippen LogP contribution in [-0.4, -0.2) is 11.8 Å². The highest BCUT2D eigenvalue weighted by atomic mass is 35.5. The van der Waals surface area contributed by atoms with Gasteiger partial charge in [-0.05, 0) is 12.1 Å². The fourth-order valence-corrected chi connectivity index (χ4v) is 1.09. The molecule has 1 amide bonds. The van der Waals surface area contributed by atoms with E-state index in [-0.39, 0.29) is 5.88 Å². The summed E-state index contributed by atoms with van der Waals surface area (Å²) in [6.45, 7) is 1.53. The minimum Gasteiger partial charge on any atom is -0.323 e. The number of anilines is 1. The number of benzene rings is 1. The van der Waals surface area contributed by atoms with Crippen molar-refractivity contribution in [2.75, 3.05) is 11.2 Å². The van der Waals surface area contributed by atoms with Gasteiger partial charge in [-0.1, -0.05) is 6.92 Å². The van der Waals surface area contributed by atoms with Crippen molar-refractivity contribution in [1.82, 2.24) is 0 Å². The van der Waals surface area contributed by atoms with Crippen molar-refractivity contribution in [3.05, 3.63) is 29.6 Å². The molecule has 6 heteroatoms. The first kappa shape index (κ1) is 12.8. The zero-order valence-corrected chi connectivity index (χ0v) is 9.12. The molecule has 0 radical (unpaired) electrons. The van der Waals surface area contributed by atoms with Crippen molar-refractivity contribution in [2.45, 2.75) is 6.92 Å². The molecular weight excluding hydrogens is 243 g/mol.